The van der Waals surface area contributed by atoms with Crippen LogP contribution < -0.4 is 5.32 Å². The highest BCUT2D eigenvalue weighted by Gasteiger charge is 2.12. The Labute approximate surface area is 136 Å². The van der Waals surface area contributed by atoms with E-state index in [4.69, 9.17) is 4.74 Å². The van der Waals surface area contributed by atoms with Gasteiger partial charge in [-0.15, -0.1) is 6.58 Å². The van der Waals surface area contributed by atoms with E-state index in [2.05, 4.69) is 11.9 Å². The normalized spacial score (nSPS) is 13.0. The molecule has 120 valence electrons. The highest BCUT2D eigenvalue weighted by molar-refractivity contribution is 5.67. The molecular weight excluding hydrogens is 290 g/mol. The number of alkyl carbamates (subject to hydrolysis) is 1. The maximum absolute atomic E-state index is 11.9. The number of amides is 1. The summed E-state index contributed by atoms with van der Waals surface area (Å²) in [5, 5.41) is 12.6. The van der Waals surface area contributed by atoms with E-state index >= 15 is 0 Å². The fourth-order valence-corrected chi connectivity index (χ4v) is 2.17. The molecule has 0 aliphatic rings. The van der Waals surface area contributed by atoms with Crippen molar-refractivity contribution >= 4 is 6.09 Å². The lowest BCUT2D eigenvalue weighted by molar-refractivity contribution is 0.136. The highest BCUT2D eigenvalue weighted by atomic mass is 16.5. The van der Waals surface area contributed by atoms with E-state index in [0.717, 1.165) is 16.7 Å². The van der Waals surface area contributed by atoms with Gasteiger partial charge in [-0.1, -0.05) is 60.7 Å². The molecule has 23 heavy (non-hydrogen) atoms. The zero-order valence-electron chi connectivity index (χ0n) is 13.1. The molecule has 0 aliphatic carbocycles. The van der Waals surface area contributed by atoms with Gasteiger partial charge >= 0.3 is 6.09 Å². The predicted molar refractivity (Wildman–Crippen MR) is 89.8 cm³/mol. The molecule has 0 bridgehead atoms. The Bertz CT molecular complexity index is 655. The summed E-state index contributed by atoms with van der Waals surface area (Å²) in [6.07, 6.45) is 0.272. The largest absolute Gasteiger partial charge is 0.445 e. The average Bonchev–Trinajstić information content (AvgIpc) is 2.60. The van der Waals surface area contributed by atoms with Crippen LogP contribution in [0.3, 0.4) is 0 Å². The van der Waals surface area contributed by atoms with Gasteiger partial charge in [0.25, 0.3) is 0 Å². The van der Waals surface area contributed by atoms with E-state index in [-0.39, 0.29) is 12.6 Å². The van der Waals surface area contributed by atoms with Crippen LogP contribution >= 0.6 is 0 Å². The van der Waals surface area contributed by atoms with Gasteiger partial charge in [0.05, 0.1) is 12.1 Å². The van der Waals surface area contributed by atoms with Crippen LogP contribution in [0, 0.1) is 0 Å². The molecular formula is C19H21NO3. The number of aliphatic hydroxyl groups excluding tert-OH is 1. The van der Waals surface area contributed by atoms with Crippen LogP contribution in [0.1, 0.15) is 35.8 Å². The molecule has 0 aromatic heterocycles. The van der Waals surface area contributed by atoms with Gasteiger partial charge in [-0.3, -0.25) is 0 Å². The molecule has 0 heterocycles. The van der Waals surface area contributed by atoms with Gasteiger partial charge in [-0.2, -0.15) is 0 Å². The first kappa shape index (κ1) is 16.8. The molecule has 0 fully saturated rings. The molecule has 4 nitrogen and oxygen atoms in total. The van der Waals surface area contributed by atoms with Crippen LogP contribution in [-0.4, -0.2) is 11.2 Å². The molecule has 2 atom stereocenters. The Morgan fingerprint density at radius 3 is 2.61 bits per heavy atom. The Morgan fingerprint density at radius 2 is 1.91 bits per heavy atom. The number of ether oxygens (including phenoxy) is 1. The number of benzene rings is 2. The summed E-state index contributed by atoms with van der Waals surface area (Å²) in [6, 6.07) is 16.7. The van der Waals surface area contributed by atoms with Crippen molar-refractivity contribution in [3.05, 3.63) is 83.9 Å². The van der Waals surface area contributed by atoms with Crippen LogP contribution in [0.5, 0.6) is 0 Å². The molecule has 2 aromatic carbocycles. The Morgan fingerprint density at radius 1 is 1.22 bits per heavy atom. The molecule has 0 saturated carbocycles. The third-order valence-electron chi connectivity index (χ3n) is 3.52. The highest BCUT2D eigenvalue weighted by Crippen LogP contribution is 2.19. The van der Waals surface area contributed by atoms with E-state index in [1.807, 2.05) is 61.5 Å². The maximum Gasteiger partial charge on any atom is 0.407 e. The molecule has 0 spiro atoms. The van der Waals surface area contributed by atoms with Gasteiger partial charge in [0.1, 0.15) is 6.61 Å². The lowest BCUT2D eigenvalue weighted by Crippen LogP contribution is -2.27. The van der Waals surface area contributed by atoms with E-state index in [0.29, 0.717) is 0 Å². The lowest BCUT2D eigenvalue weighted by Gasteiger charge is -2.16. The molecule has 2 aromatic rings. The van der Waals surface area contributed by atoms with Crippen molar-refractivity contribution in [1.29, 1.82) is 0 Å². The zero-order chi connectivity index (χ0) is 16.7. The first-order valence-electron chi connectivity index (χ1n) is 7.48. The summed E-state index contributed by atoms with van der Waals surface area (Å²) < 4.78 is 5.20. The van der Waals surface area contributed by atoms with E-state index < -0.39 is 12.2 Å². The third kappa shape index (κ3) is 4.97. The smallest absolute Gasteiger partial charge is 0.407 e. The molecule has 0 radical (unpaired) electrons. The summed E-state index contributed by atoms with van der Waals surface area (Å²) >= 11 is 0. The molecule has 0 saturated heterocycles. The lowest BCUT2D eigenvalue weighted by atomic mass is 10.0. The van der Waals surface area contributed by atoms with Gasteiger partial charge in [0.15, 0.2) is 0 Å². The second kappa shape index (κ2) is 8.15. The van der Waals surface area contributed by atoms with E-state index in [1.165, 1.54) is 6.08 Å². The zero-order valence-corrected chi connectivity index (χ0v) is 13.1. The number of aliphatic hydroxyl groups is 1. The fraction of sp³-hybridized carbons (Fsp3) is 0.211. The molecule has 2 unspecified atom stereocenters. The topological polar surface area (TPSA) is 58.6 Å². The minimum absolute atomic E-state index is 0.227. The first-order valence-corrected chi connectivity index (χ1v) is 7.48. The van der Waals surface area contributed by atoms with Crippen molar-refractivity contribution < 1.29 is 14.6 Å². The van der Waals surface area contributed by atoms with Gasteiger partial charge in [-0.25, -0.2) is 4.79 Å². The summed E-state index contributed by atoms with van der Waals surface area (Å²) in [5.41, 5.74) is 2.57. The van der Waals surface area contributed by atoms with Crippen LogP contribution in [0.15, 0.2) is 67.3 Å². The SMILES string of the molecule is C=CC(O)c1cccc(C(C)NC(=O)OCc2ccccc2)c1. The predicted octanol–water partition coefficient (Wildman–Crippen LogP) is 3.89. The molecule has 4 heteroatoms. The number of carbonyl (C=O) groups is 1. The molecule has 2 rings (SSSR count). The maximum atomic E-state index is 11.9. The molecule has 2 N–H and O–H groups in total. The van der Waals surface area contributed by atoms with Crippen LogP contribution in [0.25, 0.3) is 0 Å². The fourth-order valence-electron chi connectivity index (χ4n) is 2.17. The Balaban J connectivity index is 1.92. The quantitative estimate of drug-likeness (QED) is 0.796. The summed E-state index contributed by atoms with van der Waals surface area (Å²) in [5.74, 6) is 0. The second-order valence-corrected chi connectivity index (χ2v) is 5.28. The van der Waals surface area contributed by atoms with Gasteiger partial charge in [-0.05, 0) is 23.6 Å². The van der Waals surface area contributed by atoms with Crippen LogP contribution in [0.2, 0.25) is 0 Å². The van der Waals surface area contributed by atoms with Gasteiger partial charge in [0.2, 0.25) is 0 Å². The number of carbonyl (C=O) groups excluding carboxylic acids is 1. The van der Waals surface area contributed by atoms with Crippen molar-refractivity contribution in [2.75, 3.05) is 0 Å². The summed E-state index contributed by atoms with van der Waals surface area (Å²) in [6.45, 7) is 5.67. The van der Waals surface area contributed by atoms with Gasteiger partial charge in [0, 0.05) is 0 Å². The molecule has 1 amide bonds. The minimum Gasteiger partial charge on any atom is -0.445 e. The summed E-state index contributed by atoms with van der Waals surface area (Å²) in [4.78, 5) is 11.9. The standard InChI is InChI=1S/C19H21NO3/c1-3-18(21)17-11-7-10-16(12-17)14(2)20-19(22)23-13-15-8-5-4-6-9-15/h3-12,14,18,21H,1,13H2,2H3,(H,20,22). The number of hydrogen-bond donors (Lipinski definition) is 2. The second-order valence-electron chi connectivity index (χ2n) is 5.28. The Kier molecular flexibility index (Phi) is 5.94. The Hall–Kier alpha value is -2.59. The van der Waals surface area contributed by atoms with Crippen LogP contribution in [-0.2, 0) is 11.3 Å². The number of nitrogens with one attached hydrogen (secondary N) is 1. The number of hydrogen-bond acceptors (Lipinski definition) is 3. The van der Waals surface area contributed by atoms with Crippen LogP contribution in [0.4, 0.5) is 4.79 Å². The third-order valence-corrected chi connectivity index (χ3v) is 3.52. The average molecular weight is 311 g/mol. The van der Waals surface area contributed by atoms with Crippen molar-refractivity contribution in [2.24, 2.45) is 0 Å². The molecule has 0 aliphatic heterocycles. The van der Waals surface area contributed by atoms with Gasteiger partial charge < -0.3 is 15.2 Å². The number of rotatable bonds is 6. The monoisotopic (exact) mass is 311 g/mol. The minimum atomic E-state index is -0.716. The van der Waals surface area contributed by atoms with E-state index in [1.54, 1.807) is 0 Å². The van der Waals surface area contributed by atoms with Crippen molar-refractivity contribution in [3.63, 3.8) is 0 Å². The van der Waals surface area contributed by atoms with Crippen molar-refractivity contribution in [1.82, 2.24) is 5.32 Å². The first-order chi connectivity index (χ1) is 11.1. The van der Waals surface area contributed by atoms with Crippen molar-refractivity contribution in [2.45, 2.75) is 25.7 Å². The van der Waals surface area contributed by atoms with Crippen molar-refractivity contribution in [3.8, 4) is 0 Å². The van der Waals surface area contributed by atoms with E-state index in [9.17, 15) is 9.90 Å². The summed E-state index contributed by atoms with van der Waals surface area (Å²) in [7, 11) is 0.